The van der Waals surface area contributed by atoms with Gasteiger partial charge in [-0.3, -0.25) is 0 Å². The molecule has 2 heterocycles. The van der Waals surface area contributed by atoms with E-state index in [1.807, 2.05) is 12.5 Å². The van der Waals surface area contributed by atoms with E-state index in [4.69, 9.17) is 14.2 Å². The molecule has 0 saturated heterocycles. The monoisotopic (exact) mass is 516 g/mol. The highest BCUT2D eigenvalue weighted by Crippen LogP contribution is 2.43. The van der Waals surface area contributed by atoms with Crippen molar-refractivity contribution in [2.45, 2.75) is 50.7 Å². The van der Waals surface area contributed by atoms with Crippen molar-refractivity contribution >= 4 is 33.7 Å². The smallest absolute Gasteiger partial charge is 0.462 e. The minimum atomic E-state index is -0.594. The molecule has 4 rings (SSSR count). The SMILES string of the molecule is C=CC(=O)OCCSSCCOC(=O)OC(CC1c2ccccc2-c2cncn21)C1CCCCC1. The minimum Gasteiger partial charge on any atom is -0.462 e. The van der Waals surface area contributed by atoms with Gasteiger partial charge in [0.2, 0.25) is 0 Å². The fourth-order valence-corrected chi connectivity index (χ4v) is 6.56. The Morgan fingerprint density at radius 2 is 1.86 bits per heavy atom. The third kappa shape index (κ3) is 6.85. The van der Waals surface area contributed by atoms with Crippen LogP contribution in [-0.4, -0.2) is 52.5 Å². The number of fused-ring (bicyclic) bond motifs is 3. The number of hydrogen-bond acceptors (Lipinski definition) is 8. The number of rotatable bonds is 12. The molecule has 0 N–H and O–H groups in total. The van der Waals surface area contributed by atoms with Crippen LogP contribution in [0.3, 0.4) is 0 Å². The molecule has 0 bridgehead atoms. The third-order valence-electron chi connectivity index (χ3n) is 6.52. The number of carbonyl (C=O) groups excluding carboxylic acids is 2. The highest BCUT2D eigenvalue weighted by molar-refractivity contribution is 8.76. The molecule has 1 aliphatic carbocycles. The van der Waals surface area contributed by atoms with Crippen LogP contribution in [0, 0.1) is 5.92 Å². The molecular formula is C26H32N2O5S2. The van der Waals surface area contributed by atoms with Crippen molar-refractivity contribution in [1.29, 1.82) is 0 Å². The van der Waals surface area contributed by atoms with E-state index < -0.39 is 12.1 Å². The van der Waals surface area contributed by atoms with Crippen LogP contribution >= 0.6 is 21.6 Å². The van der Waals surface area contributed by atoms with Crippen molar-refractivity contribution in [3.8, 4) is 11.3 Å². The summed E-state index contributed by atoms with van der Waals surface area (Å²) >= 11 is 0. The van der Waals surface area contributed by atoms with Crippen LogP contribution < -0.4 is 0 Å². The Labute approximate surface area is 214 Å². The first-order valence-electron chi connectivity index (χ1n) is 12.2. The summed E-state index contributed by atoms with van der Waals surface area (Å²) in [4.78, 5) is 28.0. The lowest BCUT2D eigenvalue weighted by Gasteiger charge is -2.31. The fourth-order valence-electron chi connectivity index (χ4n) is 4.91. The van der Waals surface area contributed by atoms with E-state index in [0.717, 1.165) is 24.6 Å². The first-order chi connectivity index (χ1) is 17.2. The zero-order valence-electron chi connectivity index (χ0n) is 19.8. The van der Waals surface area contributed by atoms with Crippen LogP contribution in [0.1, 0.15) is 50.1 Å². The van der Waals surface area contributed by atoms with Crippen LogP contribution in [0.2, 0.25) is 0 Å². The zero-order valence-corrected chi connectivity index (χ0v) is 21.4. The van der Waals surface area contributed by atoms with Gasteiger partial charge in [0.05, 0.1) is 24.3 Å². The van der Waals surface area contributed by atoms with E-state index in [2.05, 4.69) is 40.4 Å². The standard InChI is InChI=1S/C26H32N2O5S2/c1-2-25(29)31-12-14-34-35-15-13-32-26(30)33-24(19-8-4-3-5-9-19)16-22-20-10-6-7-11-21(20)23-17-27-18-28(22)23/h2,6-7,10-11,17-19,22,24H,1,3-5,8-9,12-16H2. The van der Waals surface area contributed by atoms with Crippen LogP contribution in [0.4, 0.5) is 4.79 Å². The molecule has 1 aliphatic heterocycles. The Bertz CT molecular complexity index is 1010. The highest BCUT2D eigenvalue weighted by Gasteiger charge is 2.35. The van der Waals surface area contributed by atoms with E-state index in [0.29, 0.717) is 30.5 Å². The van der Waals surface area contributed by atoms with Gasteiger partial charge in [0.1, 0.15) is 19.3 Å². The molecular weight excluding hydrogens is 484 g/mol. The normalized spacial score (nSPS) is 17.8. The van der Waals surface area contributed by atoms with Crippen molar-refractivity contribution in [2.24, 2.45) is 5.92 Å². The van der Waals surface area contributed by atoms with Gasteiger partial charge in [-0.1, -0.05) is 71.7 Å². The second kappa shape index (κ2) is 13.1. The summed E-state index contributed by atoms with van der Waals surface area (Å²) < 4.78 is 18.5. The zero-order chi connectivity index (χ0) is 24.5. The van der Waals surface area contributed by atoms with Crippen LogP contribution in [-0.2, 0) is 19.0 Å². The Morgan fingerprint density at radius 1 is 1.11 bits per heavy atom. The first-order valence-corrected chi connectivity index (χ1v) is 14.6. The molecule has 9 heteroatoms. The summed E-state index contributed by atoms with van der Waals surface area (Å²) in [5, 5.41) is 0. The highest BCUT2D eigenvalue weighted by atomic mass is 33.1. The van der Waals surface area contributed by atoms with E-state index in [1.54, 1.807) is 21.6 Å². The summed E-state index contributed by atoms with van der Waals surface area (Å²) in [5.41, 5.74) is 3.58. The molecule has 0 amide bonds. The van der Waals surface area contributed by atoms with Gasteiger partial charge in [-0.2, -0.15) is 0 Å². The molecule has 7 nitrogen and oxygen atoms in total. The molecule has 188 valence electrons. The summed E-state index contributed by atoms with van der Waals surface area (Å²) in [7, 11) is 3.14. The Kier molecular flexibility index (Phi) is 9.59. The van der Waals surface area contributed by atoms with E-state index in [1.165, 1.54) is 30.4 Å². The number of aromatic nitrogens is 2. The Morgan fingerprint density at radius 3 is 2.63 bits per heavy atom. The lowest BCUT2D eigenvalue weighted by molar-refractivity contribution is -0.137. The average Bonchev–Trinajstić information content (AvgIpc) is 3.48. The van der Waals surface area contributed by atoms with Crippen molar-refractivity contribution in [1.82, 2.24) is 9.55 Å². The van der Waals surface area contributed by atoms with Gasteiger partial charge in [-0.05, 0) is 24.3 Å². The molecule has 1 fully saturated rings. The molecule has 0 spiro atoms. The predicted molar refractivity (Wildman–Crippen MR) is 139 cm³/mol. The molecule has 0 radical (unpaired) electrons. The fraction of sp³-hybridized carbons (Fsp3) is 0.500. The molecule has 1 aromatic carbocycles. The van der Waals surface area contributed by atoms with E-state index >= 15 is 0 Å². The molecule has 1 aromatic heterocycles. The molecule has 2 aliphatic rings. The van der Waals surface area contributed by atoms with Gasteiger partial charge in [0.25, 0.3) is 0 Å². The number of imidazole rings is 1. The van der Waals surface area contributed by atoms with Crippen molar-refractivity contribution < 1.29 is 23.8 Å². The maximum atomic E-state index is 12.6. The summed E-state index contributed by atoms with van der Waals surface area (Å²) in [6.07, 6.45) is 10.6. The molecule has 2 unspecified atom stereocenters. The lowest BCUT2D eigenvalue weighted by atomic mass is 9.82. The van der Waals surface area contributed by atoms with Crippen LogP contribution in [0.15, 0.2) is 49.4 Å². The first kappa shape index (κ1) is 25.7. The molecule has 1 saturated carbocycles. The Balaban J connectivity index is 1.28. The van der Waals surface area contributed by atoms with Crippen molar-refractivity contribution in [3.05, 3.63) is 55.0 Å². The maximum Gasteiger partial charge on any atom is 0.508 e. The van der Waals surface area contributed by atoms with Crippen molar-refractivity contribution in [2.75, 3.05) is 24.7 Å². The second-order valence-electron chi connectivity index (χ2n) is 8.69. The largest absolute Gasteiger partial charge is 0.508 e. The maximum absolute atomic E-state index is 12.6. The predicted octanol–water partition coefficient (Wildman–Crippen LogP) is 6.06. The van der Waals surface area contributed by atoms with Gasteiger partial charge >= 0.3 is 12.1 Å². The van der Waals surface area contributed by atoms with E-state index in [-0.39, 0.29) is 18.8 Å². The number of hydrogen-bond donors (Lipinski definition) is 0. The molecule has 2 aromatic rings. The summed E-state index contributed by atoms with van der Waals surface area (Å²) in [6, 6.07) is 8.51. The van der Waals surface area contributed by atoms with Gasteiger partial charge in [0, 0.05) is 29.6 Å². The van der Waals surface area contributed by atoms with Gasteiger partial charge in [-0.15, -0.1) is 0 Å². The lowest BCUT2D eigenvalue weighted by Crippen LogP contribution is -2.31. The molecule has 2 atom stereocenters. The van der Waals surface area contributed by atoms with Gasteiger partial charge < -0.3 is 18.8 Å². The summed E-state index contributed by atoms with van der Waals surface area (Å²) in [5.74, 6) is 1.23. The number of carbonyl (C=O) groups is 2. The average molecular weight is 517 g/mol. The van der Waals surface area contributed by atoms with Gasteiger partial charge in [0.15, 0.2) is 0 Å². The van der Waals surface area contributed by atoms with Gasteiger partial charge in [-0.25, -0.2) is 14.6 Å². The minimum absolute atomic E-state index is 0.102. The van der Waals surface area contributed by atoms with Crippen LogP contribution in [0.5, 0.6) is 0 Å². The number of benzene rings is 1. The second-order valence-corrected chi connectivity index (χ2v) is 11.4. The number of ether oxygens (including phenoxy) is 3. The number of esters is 1. The molecule has 35 heavy (non-hydrogen) atoms. The van der Waals surface area contributed by atoms with E-state index in [9.17, 15) is 9.59 Å². The van der Waals surface area contributed by atoms with Crippen molar-refractivity contribution in [3.63, 3.8) is 0 Å². The quantitative estimate of drug-likeness (QED) is 0.146. The Hall–Kier alpha value is -2.39. The van der Waals surface area contributed by atoms with Crippen LogP contribution in [0.25, 0.3) is 11.3 Å². The third-order valence-corrected chi connectivity index (χ3v) is 8.86. The topological polar surface area (TPSA) is 79.7 Å². The summed E-state index contributed by atoms with van der Waals surface area (Å²) in [6.45, 7) is 3.97. The number of nitrogens with zero attached hydrogens (tertiary/aromatic N) is 2.